The molecule has 0 heterocycles. The largest absolute Gasteiger partial charge is 0.345 e. The molecule has 0 bridgehead atoms. The SMILES string of the molecule is CCCCC(CC)C(=O)OOC(C)(CCCC)OOC(=O)C(CC)CCCC. The van der Waals surface area contributed by atoms with Crippen molar-refractivity contribution in [2.24, 2.45) is 11.8 Å². The molecule has 0 rings (SSSR count). The minimum Gasteiger partial charge on any atom is -0.295 e. The van der Waals surface area contributed by atoms with Gasteiger partial charge in [0, 0.05) is 6.42 Å². The molecule has 0 saturated heterocycles. The third-order valence-electron chi connectivity index (χ3n) is 5.05. The summed E-state index contributed by atoms with van der Waals surface area (Å²) in [6.07, 6.45) is 9.04. The van der Waals surface area contributed by atoms with Gasteiger partial charge in [-0.2, -0.15) is 0 Å². The van der Waals surface area contributed by atoms with Crippen molar-refractivity contribution in [2.75, 3.05) is 0 Å². The minimum absolute atomic E-state index is 0.198. The molecule has 6 heteroatoms. The quantitative estimate of drug-likeness (QED) is 0.162. The number of carbonyl (C=O) groups excluding carboxylic acids is 2. The van der Waals surface area contributed by atoms with Gasteiger partial charge in [-0.25, -0.2) is 9.59 Å². The summed E-state index contributed by atoms with van der Waals surface area (Å²) in [6, 6.07) is 0. The Kier molecular flexibility index (Phi) is 15.1. The number of hydrogen-bond acceptors (Lipinski definition) is 6. The summed E-state index contributed by atoms with van der Waals surface area (Å²) in [7, 11) is 0. The fourth-order valence-electron chi connectivity index (χ4n) is 2.87. The molecule has 0 aliphatic heterocycles. The van der Waals surface area contributed by atoms with E-state index < -0.39 is 17.7 Å². The standard InChI is InChI=1S/C22H42O6/c1-7-12-15-18(10-4)20(23)25-27-22(6,17-14-9-3)28-26-21(24)19(11-5)16-13-8-2/h18-19H,7-17H2,1-6H3. The van der Waals surface area contributed by atoms with Crippen LogP contribution in [-0.4, -0.2) is 17.7 Å². The first-order chi connectivity index (χ1) is 13.4. The Hall–Kier alpha value is -1.14. The second kappa shape index (κ2) is 15.7. The molecule has 0 aromatic carbocycles. The zero-order valence-corrected chi connectivity index (χ0v) is 18.9. The van der Waals surface area contributed by atoms with Crippen LogP contribution in [0.4, 0.5) is 0 Å². The molecular formula is C22H42O6. The average molecular weight is 403 g/mol. The Morgan fingerprint density at radius 3 is 1.43 bits per heavy atom. The highest BCUT2D eigenvalue weighted by atomic mass is 17.3. The van der Waals surface area contributed by atoms with Crippen molar-refractivity contribution in [3.63, 3.8) is 0 Å². The zero-order valence-electron chi connectivity index (χ0n) is 18.9. The van der Waals surface area contributed by atoms with Crippen LogP contribution < -0.4 is 0 Å². The predicted molar refractivity (Wildman–Crippen MR) is 109 cm³/mol. The summed E-state index contributed by atoms with van der Waals surface area (Å²) >= 11 is 0. The van der Waals surface area contributed by atoms with Gasteiger partial charge in [0.05, 0.1) is 11.8 Å². The van der Waals surface area contributed by atoms with E-state index in [1.165, 1.54) is 0 Å². The number of hydrogen-bond donors (Lipinski definition) is 0. The van der Waals surface area contributed by atoms with Crippen molar-refractivity contribution >= 4 is 11.9 Å². The third kappa shape index (κ3) is 11.0. The summed E-state index contributed by atoms with van der Waals surface area (Å²) in [5, 5.41) is 0. The average Bonchev–Trinajstić information content (AvgIpc) is 2.70. The van der Waals surface area contributed by atoms with Crippen LogP contribution in [0.25, 0.3) is 0 Å². The molecule has 0 radical (unpaired) electrons. The predicted octanol–water partition coefficient (Wildman–Crippen LogP) is 6.28. The molecule has 0 aromatic heterocycles. The van der Waals surface area contributed by atoms with Gasteiger partial charge in [0.25, 0.3) is 5.79 Å². The molecule has 2 atom stereocenters. The van der Waals surface area contributed by atoms with Gasteiger partial charge in [-0.05, 0) is 39.0 Å². The van der Waals surface area contributed by atoms with Crippen LogP contribution in [-0.2, 0) is 29.1 Å². The van der Waals surface area contributed by atoms with Gasteiger partial charge >= 0.3 is 11.9 Å². The monoisotopic (exact) mass is 402 g/mol. The van der Waals surface area contributed by atoms with E-state index in [9.17, 15) is 9.59 Å². The Morgan fingerprint density at radius 2 is 1.11 bits per heavy atom. The maximum atomic E-state index is 12.3. The molecule has 6 nitrogen and oxygen atoms in total. The maximum absolute atomic E-state index is 12.3. The second-order valence-electron chi connectivity index (χ2n) is 7.70. The molecule has 0 fully saturated rings. The van der Waals surface area contributed by atoms with E-state index in [-0.39, 0.29) is 11.8 Å². The molecule has 0 spiro atoms. The van der Waals surface area contributed by atoms with E-state index in [1.807, 2.05) is 20.8 Å². The maximum Gasteiger partial charge on any atom is 0.345 e. The van der Waals surface area contributed by atoms with Crippen molar-refractivity contribution in [2.45, 2.75) is 118 Å². The van der Waals surface area contributed by atoms with Gasteiger partial charge in [-0.3, -0.25) is 9.78 Å². The topological polar surface area (TPSA) is 71.1 Å². The second-order valence-corrected chi connectivity index (χ2v) is 7.70. The minimum atomic E-state index is -1.31. The Bertz CT molecular complexity index is 391. The van der Waals surface area contributed by atoms with Crippen molar-refractivity contribution in [1.29, 1.82) is 0 Å². The molecule has 2 unspecified atom stereocenters. The summed E-state index contributed by atoms with van der Waals surface area (Å²) in [4.78, 5) is 45.5. The summed E-state index contributed by atoms with van der Waals surface area (Å²) in [5.74, 6) is -2.51. The molecule has 0 N–H and O–H groups in total. The molecule has 0 saturated carbocycles. The summed E-state index contributed by atoms with van der Waals surface area (Å²) in [6.45, 7) is 11.7. The van der Waals surface area contributed by atoms with Gasteiger partial charge < -0.3 is 0 Å². The van der Waals surface area contributed by atoms with Crippen LogP contribution in [0.1, 0.15) is 112 Å². The summed E-state index contributed by atoms with van der Waals surface area (Å²) < 4.78 is 0. The highest BCUT2D eigenvalue weighted by Crippen LogP contribution is 2.25. The molecular weight excluding hydrogens is 360 g/mol. The van der Waals surface area contributed by atoms with Crippen LogP contribution in [0.3, 0.4) is 0 Å². The van der Waals surface area contributed by atoms with Crippen molar-refractivity contribution in [1.82, 2.24) is 0 Å². The van der Waals surface area contributed by atoms with E-state index in [2.05, 4.69) is 13.8 Å². The third-order valence-corrected chi connectivity index (χ3v) is 5.05. The van der Waals surface area contributed by atoms with Gasteiger partial charge in [0.15, 0.2) is 0 Å². The van der Waals surface area contributed by atoms with E-state index >= 15 is 0 Å². The first-order valence-electron chi connectivity index (χ1n) is 11.2. The molecule has 0 amide bonds. The number of rotatable bonds is 17. The van der Waals surface area contributed by atoms with Gasteiger partial charge in [0.1, 0.15) is 0 Å². The first-order valence-corrected chi connectivity index (χ1v) is 11.2. The summed E-state index contributed by atoms with van der Waals surface area (Å²) in [5.41, 5.74) is 0. The van der Waals surface area contributed by atoms with Gasteiger partial charge in [-0.1, -0.05) is 66.7 Å². The first kappa shape index (κ1) is 26.9. The van der Waals surface area contributed by atoms with E-state index in [4.69, 9.17) is 19.6 Å². The molecule has 0 aliphatic rings. The highest BCUT2D eigenvalue weighted by Gasteiger charge is 2.34. The van der Waals surface area contributed by atoms with E-state index in [1.54, 1.807) is 6.92 Å². The van der Waals surface area contributed by atoms with Gasteiger partial charge in [0.2, 0.25) is 0 Å². The van der Waals surface area contributed by atoms with Crippen molar-refractivity contribution in [3.8, 4) is 0 Å². The molecule has 0 aromatic rings. The fourth-order valence-corrected chi connectivity index (χ4v) is 2.87. The van der Waals surface area contributed by atoms with Crippen LogP contribution in [0.2, 0.25) is 0 Å². The lowest BCUT2D eigenvalue weighted by Gasteiger charge is -2.27. The molecule has 0 aliphatic carbocycles. The normalized spacial score (nSPS) is 15.5. The van der Waals surface area contributed by atoms with Crippen LogP contribution in [0.15, 0.2) is 0 Å². The number of carbonyl (C=O) groups is 2. The Balaban J connectivity index is 4.78. The van der Waals surface area contributed by atoms with Crippen molar-refractivity contribution < 1.29 is 29.1 Å². The Labute approximate surface area is 171 Å². The van der Waals surface area contributed by atoms with Gasteiger partial charge in [-0.15, -0.1) is 9.78 Å². The van der Waals surface area contributed by atoms with Crippen LogP contribution >= 0.6 is 0 Å². The molecule has 28 heavy (non-hydrogen) atoms. The smallest absolute Gasteiger partial charge is 0.295 e. The van der Waals surface area contributed by atoms with E-state index in [0.29, 0.717) is 19.3 Å². The van der Waals surface area contributed by atoms with Crippen LogP contribution in [0.5, 0.6) is 0 Å². The number of unbranched alkanes of at least 4 members (excludes halogenated alkanes) is 3. The Morgan fingerprint density at radius 1 is 0.714 bits per heavy atom. The van der Waals surface area contributed by atoms with E-state index in [0.717, 1.165) is 51.4 Å². The molecule has 166 valence electrons. The van der Waals surface area contributed by atoms with Crippen molar-refractivity contribution in [3.05, 3.63) is 0 Å². The lowest BCUT2D eigenvalue weighted by molar-refractivity contribution is -0.479. The highest BCUT2D eigenvalue weighted by molar-refractivity contribution is 5.72. The lowest BCUT2D eigenvalue weighted by atomic mass is 10.00. The van der Waals surface area contributed by atoms with Crippen LogP contribution in [0, 0.1) is 11.8 Å². The fraction of sp³-hybridized carbons (Fsp3) is 0.909. The zero-order chi connectivity index (χ0) is 21.4. The lowest BCUT2D eigenvalue weighted by Crippen LogP contribution is -2.36.